The van der Waals surface area contributed by atoms with Gasteiger partial charge >= 0.3 is 12.0 Å². The number of aromatic amines is 1. The third-order valence-corrected chi connectivity index (χ3v) is 5.29. The normalized spacial score (nSPS) is 15.5. The largest absolute Gasteiger partial charge is 0.465 e. The molecule has 2 aromatic carbocycles. The summed E-state index contributed by atoms with van der Waals surface area (Å²) < 4.78 is 4.70. The fourth-order valence-electron chi connectivity index (χ4n) is 3.51. The highest BCUT2D eigenvalue weighted by atomic mass is 35.5. The van der Waals surface area contributed by atoms with Crippen molar-refractivity contribution in [3.63, 3.8) is 0 Å². The van der Waals surface area contributed by atoms with Crippen molar-refractivity contribution in [2.45, 2.75) is 12.5 Å². The zero-order chi connectivity index (χ0) is 20.4. The number of halogens is 1. The third-order valence-electron chi connectivity index (χ3n) is 4.94. The second-order valence-electron chi connectivity index (χ2n) is 6.63. The number of nitrogens with zero attached hydrogens (tertiary/aromatic N) is 2. The van der Waals surface area contributed by atoms with Gasteiger partial charge in [-0.3, -0.25) is 0 Å². The molecule has 0 bridgehead atoms. The number of amides is 2. The third kappa shape index (κ3) is 3.69. The van der Waals surface area contributed by atoms with Crippen molar-refractivity contribution in [2.75, 3.05) is 19.0 Å². The fraction of sp³-hybridized carbons (Fsp3) is 0.190. The summed E-state index contributed by atoms with van der Waals surface area (Å²) >= 11 is 6.44. The molecule has 2 amide bonds. The molecule has 148 valence electrons. The van der Waals surface area contributed by atoms with Crippen LogP contribution in [0, 0.1) is 0 Å². The zero-order valence-corrected chi connectivity index (χ0v) is 16.4. The van der Waals surface area contributed by atoms with E-state index in [1.807, 2.05) is 18.2 Å². The standard InChI is InChI=1S/C21H19ClN4O3/c1-29-20(27)13-6-8-14(9-7-13)25-21(28)26-11-10-17-18(24-12-23-17)19(26)15-4-2-3-5-16(15)22/h2-9,12,19H,10-11H2,1H3,(H,23,24)(H,25,28). The number of hydrogen-bond donors (Lipinski definition) is 2. The van der Waals surface area contributed by atoms with Gasteiger partial charge in [0.25, 0.3) is 0 Å². The van der Waals surface area contributed by atoms with Crippen molar-refractivity contribution >= 4 is 29.3 Å². The van der Waals surface area contributed by atoms with E-state index in [1.54, 1.807) is 41.6 Å². The van der Waals surface area contributed by atoms with Crippen LogP contribution in [0.15, 0.2) is 54.9 Å². The number of hydrogen-bond acceptors (Lipinski definition) is 4. The molecule has 0 aliphatic carbocycles. The van der Waals surface area contributed by atoms with Gasteiger partial charge in [0.1, 0.15) is 6.04 Å². The minimum atomic E-state index is -0.427. The summed E-state index contributed by atoms with van der Waals surface area (Å²) in [6.45, 7) is 0.511. The van der Waals surface area contributed by atoms with Crippen LogP contribution in [-0.4, -0.2) is 40.5 Å². The molecular formula is C21H19ClN4O3. The summed E-state index contributed by atoms with van der Waals surface area (Å²) in [7, 11) is 1.33. The lowest BCUT2D eigenvalue weighted by molar-refractivity contribution is 0.0600. The molecule has 1 aromatic heterocycles. The van der Waals surface area contributed by atoms with Gasteiger partial charge in [-0.1, -0.05) is 29.8 Å². The van der Waals surface area contributed by atoms with E-state index in [-0.39, 0.29) is 6.03 Å². The van der Waals surface area contributed by atoms with E-state index in [1.165, 1.54) is 7.11 Å². The van der Waals surface area contributed by atoms with Gasteiger partial charge in [0.05, 0.1) is 24.7 Å². The van der Waals surface area contributed by atoms with Gasteiger partial charge in [-0.25, -0.2) is 14.6 Å². The average molecular weight is 411 g/mol. The smallest absolute Gasteiger partial charge is 0.337 e. The Labute approximate surface area is 172 Å². The highest BCUT2D eigenvalue weighted by molar-refractivity contribution is 6.31. The number of nitrogens with one attached hydrogen (secondary N) is 2. The number of rotatable bonds is 3. The highest BCUT2D eigenvalue weighted by Crippen LogP contribution is 2.37. The number of anilines is 1. The average Bonchev–Trinajstić information content (AvgIpc) is 3.22. The molecule has 2 N–H and O–H groups in total. The van der Waals surface area contributed by atoms with Crippen LogP contribution in [0.3, 0.4) is 0 Å². The molecule has 29 heavy (non-hydrogen) atoms. The Bertz CT molecular complexity index is 1050. The van der Waals surface area contributed by atoms with Crippen molar-refractivity contribution < 1.29 is 14.3 Å². The molecule has 1 aliphatic heterocycles. The molecule has 0 radical (unpaired) electrons. The van der Waals surface area contributed by atoms with E-state index in [4.69, 9.17) is 16.3 Å². The molecule has 0 fully saturated rings. The lowest BCUT2D eigenvalue weighted by Gasteiger charge is -2.35. The number of benzene rings is 2. The van der Waals surface area contributed by atoms with Crippen LogP contribution in [-0.2, 0) is 11.2 Å². The van der Waals surface area contributed by atoms with Crippen LogP contribution in [0.25, 0.3) is 0 Å². The van der Waals surface area contributed by atoms with Gasteiger partial charge in [0.2, 0.25) is 0 Å². The number of fused-ring (bicyclic) bond motifs is 1. The lowest BCUT2D eigenvalue weighted by Crippen LogP contribution is -2.43. The Morgan fingerprint density at radius 1 is 1.21 bits per heavy atom. The first-order valence-electron chi connectivity index (χ1n) is 9.11. The van der Waals surface area contributed by atoms with Gasteiger partial charge < -0.3 is 19.9 Å². The number of carbonyl (C=O) groups is 2. The van der Waals surface area contributed by atoms with E-state index in [0.29, 0.717) is 29.2 Å². The first kappa shape index (κ1) is 19.0. The Balaban J connectivity index is 1.61. The van der Waals surface area contributed by atoms with Crippen LogP contribution in [0.1, 0.15) is 33.4 Å². The molecule has 3 aromatic rings. The van der Waals surface area contributed by atoms with E-state index in [9.17, 15) is 9.59 Å². The topological polar surface area (TPSA) is 87.3 Å². The molecule has 1 atom stereocenters. The van der Waals surface area contributed by atoms with Crippen LogP contribution in [0.2, 0.25) is 5.02 Å². The van der Waals surface area contributed by atoms with Crippen molar-refractivity contribution in [2.24, 2.45) is 0 Å². The molecule has 0 saturated heterocycles. The van der Waals surface area contributed by atoms with E-state index < -0.39 is 12.0 Å². The summed E-state index contributed by atoms with van der Waals surface area (Å²) in [4.78, 5) is 34.0. The maximum absolute atomic E-state index is 13.1. The number of esters is 1. The summed E-state index contributed by atoms with van der Waals surface area (Å²) in [5.74, 6) is -0.427. The second-order valence-corrected chi connectivity index (χ2v) is 7.04. The Morgan fingerprint density at radius 3 is 2.69 bits per heavy atom. The SMILES string of the molecule is COC(=O)c1ccc(NC(=O)N2CCc3[nH]cnc3C2c2ccccc2Cl)cc1. The molecule has 2 heterocycles. The first-order valence-corrected chi connectivity index (χ1v) is 9.49. The minimum absolute atomic E-state index is 0.269. The predicted octanol–water partition coefficient (Wildman–Crippen LogP) is 4.03. The second kappa shape index (κ2) is 7.97. The van der Waals surface area contributed by atoms with Crippen molar-refractivity contribution in [1.29, 1.82) is 0 Å². The van der Waals surface area contributed by atoms with E-state index in [2.05, 4.69) is 15.3 Å². The first-order chi connectivity index (χ1) is 14.1. The molecule has 1 unspecified atom stereocenters. The fourth-order valence-corrected chi connectivity index (χ4v) is 3.75. The van der Waals surface area contributed by atoms with E-state index in [0.717, 1.165) is 17.0 Å². The van der Waals surface area contributed by atoms with Crippen molar-refractivity contribution in [3.05, 3.63) is 82.4 Å². The number of urea groups is 1. The maximum atomic E-state index is 13.1. The van der Waals surface area contributed by atoms with Crippen molar-refractivity contribution in [3.8, 4) is 0 Å². The number of methoxy groups -OCH3 is 1. The van der Waals surface area contributed by atoms with Crippen LogP contribution in [0.5, 0.6) is 0 Å². The molecular weight excluding hydrogens is 392 g/mol. The summed E-state index contributed by atoms with van der Waals surface area (Å²) in [6.07, 6.45) is 2.31. The Kier molecular flexibility index (Phi) is 5.22. The summed E-state index contributed by atoms with van der Waals surface area (Å²) in [6, 6.07) is 13.3. The van der Waals surface area contributed by atoms with Gasteiger partial charge in [0.15, 0.2) is 0 Å². The summed E-state index contributed by atoms with van der Waals surface area (Å²) in [5.41, 5.74) is 3.60. The molecule has 7 nitrogen and oxygen atoms in total. The predicted molar refractivity (Wildman–Crippen MR) is 109 cm³/mol. The monoisotopic (exact) mass is 410 g/mol. The maximum Gasteiger partial charge on any atom is 0.337 e. The van der Waals surface area contributed by atoms with Crippen LogP contribution < -0.4 is 5.32 Å². The Morgan fingerprint density at radius 2 is 1.97 bits per heavy atom. The van der Waals surface area contributed by atoms with Gasteiger partial charge in [-0.2, -0.15) is 0 Å². The summed E-state index contributed by atoms with van der Waals surface area (Å²) in [5, 5.41) is 3.47. The molecule has 0 saturated carbocycles. The zero-order valence-electron chi connectivity index (χ0n) is 15.7. The molecule has 1 aliphatic rings. The number of imidazole rings is 1. The number of H-pyrrole nitrogens is 1. The number of carbonyl (C=O) groups excluding carboxylic acids is 2. The quantitative estimate of drug-likeness (QED) is 0.638. The van der Waals surface area contributed by atoms with Gasteiger partial charge in [0, 0.05) is 29.4 Å². The molecule has 4 rings (SSSR count). The van der Waals surface area contributed by atoms with Gasteiger partial charge in [-0.15, -0.1) is 0 Å². The molecule has 0 spiro atoms. The highest BCUT2D eigenvalue weighted by Gasteiger charge is 2.35. The van der Waals surface area contributed by atoms with E-state index >= 15 is 0 Å². The van der Waals surface area contributed by atoms with Crippen LogP contribution >= 0.6 is 11.6 Å². The Hall–Kier alpha value is -3.32. The lowest BCUT2D eigenvalue weighted by atomic mass is 9.96. The molecule has 8 heteroatoms. The number of aromatic nitrogens is 2. The van der Waals surface area contributed by atoms with Gasteiger partial charge in [-0.05, 0) is 35.9 Å². The van der Waals surface area contributed by atoms with Crippen molar-refractivity contribution in [1.82, 2.24) is 14.9 Å². The number of ether oxygens (including phenoxy) is 1. The minimum Gasteiger partial charge on any atom is -0.465 e. The van der Waals surface area contributed by atoms with Crippen LogP contribution in [0.4, 0.5) is 10.5 Å².